The quantitative estimate of drug-likeness (QED) is 0.805. The van der Waals surface area contributed by atoms with Gasteiger partial charge in [-0.3, -0.25) is 0 Å². The van der Waals surface area contributed by atoms with Gasteiger partial charge in [0.2, 0.25) is 0 Å². The summed E-state index contributed by atoms with van der Waals surface area (Å²) in [6.07, 6.45) is 1.46. The van der Waals surface area contributed by atoms with Crippen molar-refractivity contribution in [3.05, 3.63) is 30.3 Å². The lowest BCUT2D eigenvalue weighted by atomic mass is 10.3. The third kappa shape index (κ3) is 2.70. The zero-order chi connectivity index (χ0) is 10.5. The van der Waals surface area contributed by atoms with E-state index in [2.05, 4.69) is 29.2 Å². The largest absolute Gasteiger partial charge is 0.375 e. The zero-order valence-electron chi connectivity index (χ0n) is 8.93. The van der Waals surface area contributed by atoms with Crippen LogP contribution in [0.3, 0.4) is 0 Å². The van der Waals surface area contributed by atoms with E-state index in [9.17, 15) is 0 Å². The van der Waals surface area contributed by atoms with Crippen LogP contribution in [0.15, 0.2) is 30.3 Å². The molecule has 3 heteroatoms. The fraction of sp³-hybridized carbons (Fsp3) is 0.500. The molecule has 1 aromatic rings. The summed E-state index contributed by atoms with van der Waals surface area (Å²) in [4.78, 5) is 2.36. The van der Waals surface area contributed by atoms with E-state index in [1.807, 2.05) is 6.07 Å². The highest BCUT2D eigenvalue weighted by Crippen LogP contribution is 2.20. The molecule has 15 heavy (non-hydrogen) atoms. The highest BCUT2D eigenvalue weighted by Gasteiger charge is 2.22. The number of hydrogen-bond donors (Lipinski definition) is 1. The van der Waals surface area contributed by atoms with Gasteiger partial charge in [0.1, 0.15) is 0 Å². The van der Waals surface area contributed by atoms with Crippen molar-refractivity contribution in [2.45, 2.75) is 12.5 Å². The second kappa shape index (κ2) is 5.14. The Bertz CT molecular complexity index is 289. The summed E-state index contributed by atoms with van der Waals surface area (Å²) in [6.45, 7) is 3.36. The minimum Gasteiger partial charge on any atom is -0.375 e. The second-order valence-corrected chi connectivity index (χ2v) is 3.85. The minimum atomic E-state index is 0.355. The van der Waals surface area contributed by atoms with Crippen molar-refractivity contribution in [1.82, 2.24) is 0 Å². The molecule has 82 valence electrons. The van der Waals surface area contributed by atoms with Crippen LogP contribution in [0.2, 0.25) is 0 Å². The van der Waals surface area contributed by atoms with Crippen LogP contribution < -0.4 is 10.6 Å². The minimum absolute atomic E-state index is 0.355. The van der Waals surface area contributed by atoms with E-state index in [-0.39, 0.29) is 0 Å². The smallest absolute Gasteiger partial charge is 0.0767 e. The SMILES string of the molecule is NCCOC1CCN(c2ccccc2)C1. The normalized spacial score (nSPS) is 20.9. The van der Waals surface area contributed by atoms with Gasteiger partial charge in [-0.05, 0) is 18.6 Å². The first-order valence-corrected chi connectivity index (χ1v) is 5.52. The average Bonchev–Trinajstić information content (AvgIpc) is 2.76. The molecule has 2 N–H and O–H groups in total. The van der Waals surface area contributed by atoms with Gasteiger partial charge in [-0.15, -0.1) is 0 Å². The van der Waals surface area contributed by atoms with Crippen LogP contribution in [-0.4, -0.2) is 32.3 Å². The van der Waals surface area contributed by atoms with Crippen molar-refractivity contribution in [2.24, 2.45) is 5.73 Å². The number of ether oxygens (including phenoxy) is 1. The van der Waals surface area contributed by atoms with Crippen LogP contribution in [0, 0.1) is 0 Å². The molecule has 0 saturated carbocycles. The van der Waals surface area contributed by atoms with E-state index in [0.29, 0.717) is 19.3 Å². The van der Waals surface area contributed by atoms with Crippen molar-refractivity contribution in [2.75, 3.05) is 31.1 Å². The number of anilines is 1. The van der Waals surface area contributed by atoms with Crippen LogP contribution >= 0.6 is 0 Å². The zero-order valence-corrected chi connectivity index (χ0v) is 8.93. The fourth-order valence-corrected chi connectivity index (χ4v) is 1.97. The van der Waals surface area contributed by atoms with Crippen molar-refractivity contribution in [1.29, 1.82) is 0 Å². The molecule has 0 radical (unpaired) electrons. The van der Waals surface area contributed by atoms with Gasteiger partial charge < -0.3 is 15.4 Å². The maximum absolute atomic E-state index is 5.64. The summed E-state index contributed by atoms with van der Waals surface area (Å²) in [7, 11) is 0. The monoisotopic (exact) mass is 206 g/mol. The first-order chi connectivity index (χ1) is 7.40. The van der Waals surface area contributed by atoms with Gasteiger partial charge in [-0.1, -0.05) is 18.2 Å². The Kier molecular flexibility index (Phi) is 3.59. The van der Waals surface area contributed by atoms with Crippen molar-refractivity contribution < 1.29 is 4.74 Å². The lowest BCUT2D eigenvalue weighted by Crippen LogP contribution is -2.24. The van der Waals surface area contributed by atoms with Gasteiger partial charge in [0.25, 0.3) is 0 Å². The van der Waals surface area contributed by atoms with Crippen molar-refractivity contribution >= 4 is 5.69 Å². The molecule has 1 fully saturated rings. The molecule has 1 unspecified atom stereocenters. The van der Waals surface area contributed by atoms with Crippen LogP contribution in [0.1, 0.15) is 6.42 Å². The van der Waals surface area contributed by atoms with E-state index >= 15 is 0 Å². The molecule has 0 spiro atoms. The molecule has 1 heterocycles. The number of para-hydroxylation sites is 1. The highest BCUT2D eigenvalue weighted by atomic mass is 16.5. The Balaban J connectivity index is 1.87. The molecule has 1 aromatic carbocycles. The lowest BCUT2D eigenvalue weighted by Gasteiger charge is -2.18. The standard InChI is InChI=1S/C12H18N2O/c13-7-9-15-12-6-8-14(10-12)11-4-2-1-3-5-11/h1-5,12H,6-10,13H2. The fourth-order valence-electron chi connectivity index (χ4n) is 1.97. The Hall–Kier alpha value is -1.06. The van der Waals surface area contributed by atoms with Gasteiger partial charge in [-0.25, -0.2) is 0 Å². The summed E-state index contributed by atoms with van der Waals surface area (Å²) in [6, 6.07) is 10.5. The van der Waals surface area contributed by atoms with E-state index < -0.39 is 0 Å². The maximum atomic E-state index is 5.64. The number of hydrogen-bond acceptors (Lipinski definition) is 3. The maximum Gasteiger partial charge on any atom is 0.0767 e. The number of benzene rings is 1. The Labute approximate surface area is 90.8 Å². The number of nitrogens with zero attached hydrogens (tertiary/aromatic N) is 1. The van der Waals surface area contributed by atoms with Gasteiger partial charge in [-0.2, -0.15) is 0 Å². The molecule has 0 bridgehead atoms. The Morgan fingerprint density at radius 1 is 1.33 bits per heavy atom. The lowest BCUT2D eigenvalue weighted by molar-refractivity contribution is 0.0742. The van der Waals surface area contributed by atoms with E-state index in [0.717, 1.165) is 19.5 Å². The number of rotatable bonds is 4. The van der Waals surface area contributed by atoms with E-state index in [1.165, 1.54) is 5.69 Å². The average molecular weight is 206 g/mol. The van der Waals surface area contributed by atoms with Crippen LogP contribution in [0.25, 0.3) is 0 Å². The first-order valence-electron chi connectivity index (χ1n) is 5.52. The first kappa shape index (κ1) is 10.5. The Morgan fingerprint density at radius 3 is 2.87 bits per heavy atom. The Morgan fingerprint density at radius 2 is 2.13 bits per heavy atom. The topological polar surface area (TPSA) is 38.5 Å². The summed E-state index contributed by atoms with van der Waals surface area (Å²) >= 11 is 0. The summed E-state index contributed by atoms with van der Waals surface area (Å²) in [5.41, 5.74) is 6.70. The predicted molar refractivity (Wildman–Crippen MR) is 62.1 cm³/mol. The molecular formula is C12H18N2O. The van der Waals surface area contributed by atoms with Crippen molar-refractivity contribution in [3.8, 4) is 0 Å². The third-order valence-corrected chi connectivity index (χ3v) is 2.74. The van der Waals surface area contributed by atoms with E-state index in [1.54, 1.807) is 0 Å². The molecule has 1 aliphatic rings. The highest BCUT2D eigenvalue weighted by molar-refractivity contribution is 5.47. The van der Waals surface area contributed by atoms with Gasteiger partial charge >= 0.3 is 0 Å². The predicted octanol–water partition coefficient (Wildman–Crippen LogP) is 1.24. The van der Waals surface area contributed by atoms with Crippen LogP contribution in [0.5, 0.6) is 0 Å². The summed E-state index contributed by atoms with van der Waals surface area (Å²) in [5, 5.41) is 0. The van der Waals surface area contributed by atoms with Gasteiger partial charge in [0.05, 0.1) is 12.7 Å². The third-order valence-electron chi connectivity index (χ3n) is 2.74. The van der Waals surface area contributed by atoms with Crippen LogP contribution in [0.4, 0.5) is 5.69 Å². The van der Waals surface area contributed by atoms with Gasteiger partial charge in [0.15, 0.2) is 0 Å². The second-order valence-electron chi connectivity index (χ2n) is 3.85. The van der Waals surface area contributed by atoms with Crippen molar-refractivity contribution in [3.63, 3.8) is 0 Å². The van der Waals surface area contributed by atoms with Crippen LogP contribution in [-0.2, 0) is 4.74 Å². The number of nitrogens with two attached hydrogens (primary N) is 1. The molecule has 3 nitrogen and oxygen atoms in total. The summed E-state index contributed by atoms with van der Waals surface area (Å²) in [5.74, 6) is 0. The molecule has 0 aromatic heterocycles. The molecule has 1 atom stereocenters. The molecule has 2 rings (SSSR count). The van der Waals surface area contributed by atoms with Gasteiger partial charge in [0, 0.05) is 25.3 Å². The molecule has 1 aliphatic heterocycles. The van der Waals surface area contributed by atoms with E-state index in [4.69, 9.17) is 10.5 Å². The summed E-state index contributed by atoms with van der Waals surface area (Å²) < 4.78 is 5.64. The molecular weight excluding hydrogens is 188 g/mol. The molecule has 0 aliphatic carbocycles. The molecule has 1 saturated heterocycles. The molecule has 0 amide bonds.